The smallest absolute Gasteiger partial charge is 0.133 e. The van der Waals surface area contributed by atoms with Gasteiger partial charge in [0.25, 0.3) is 0 Å². The van der Waals surface area contributed by atoms with Gasteiger partial charge in [0.05, 0.1) is 0 Å². The van der Waals surface area contributed by atoms with Gasteiger partial charge in [0.2, 0.25) is 0 Å². The normalized spacial score (nSPS) is 11.1. The zero-order chi connectivity index (χ0) is 25.3. The number of hydrogen-bond donors (Lipinski definition) is 2. The van der Waals surface area contributed by atoms with Crippen LogP contribution in [0.2, 0.25) is 0 Å². The zero-order valence-electron chi connectivity index (χ0n) is 22.6. The van der Waals surface area contributed by atoms with Gasteiger partial charge in [-0.05, 0) is 12.8 Å². The van der Waals surface area contributed by atoms with Gasteiger partial charge in [-0.1, -0.05) is 154 Å². The van der Waals surface area contributed by atoms with Crippen molar-refractivity contribution in [1.82, 2.24) is 9.80 Å². The van der Waals surface area contributed by atoms with Crippen molar-refractivity contribution in [3.63, 3.8) is 0 Å². The molecule has 0 heterocycles. The largest absolute Gasteiger partial charge is 0.356 e. The Morgan fingerprint density at radius 1 is 0.412 bits per heavy atom. The van der Waals surface area contributed by atoms with Crippen LogP contribution >= 0.6 is 49.7 Å². The second-order valence-corrected chi connectivity index (χ2v) is 12.1. The number of hydrogen-bond acceptors (Lipinski definition) is 2. The second kappa shape index (κ2) is 26.5. The third-order valence-corrected chi connectivity index (χ3v) is 7.83. The van der Waals surface area contributed by atoms with Crippen molar-refractivity contribution in [3.05, 3.63) is 0 Å². The van der Waals surface area contributed by atoms with E-state index in [1.54, 1.807) is 0 Å². The lowest BCUT2D eigenvalue weighted by Gasteiger charge is -2.28. The lowest BCUT2D eigenvalue weighted by molar-refractivity contribution is 0.338. The molecule has 0 atom stereocenters. The molecule has 0 N–H and O–H groups in total. The lowest BCUT2D eigenvalue weighted by Crippen LogP contribution is -2.38. The fourth-order valence-electron chi connectivity index (χ4n) is 4.43. The fraction of sp³-hybridized carbons (Fsp3) is 0.929. The number of unbranched alkanes of at least 4 members (excludes halogenated alkanes) is 18. The highest BCUT2D eigenvalue weighted by atomic mass is 32.1. The summed E-state index contributed by atoms with van der Waals surface area (Å²) in [4.78, 5) is 4.47. The first-order valence-electron chi connectivity index (χ1n) is 14.5. The lowest BCUT2D eigenvalue weighted by atomic mass is 10.1. The first kappa shape index (κ1) is 34.5. The van der Waals surface area contributed by atoms with Crippen molar-refractivity contribution in [2.75, 3.05) is 26.2 Å². The third-order valence-electron chi connectivity index (χ3n) is 6.74. The van der Waals surface area contributed by atoms with E-state index in [-0.39, 0.29) is 0 Å². The highest BCUT2D eigenvalue weighted by Gasteiger charge is 2.11. The predicted molar refractivity (Wildman–Crippen MR) is 170 cm³/mol. The molecule has 0 unspecified atom stereocenters. The molecule has 0 saturated carbocycles. The quantitative estimate of drug-likeness (QED) is 0.0665. The Labute approximate surface area is 235 Å². The molecule has 0 fully saturated rings. The van der Waals surface area contributed by atoms with Crippen molar-refractivity contribution in [1.29, 1.82) is 0 Å². The summed E-state index contributed by atoms with van der Waals surface area (Å²) in [7, 11) is 0. The highest BCUT2D eigenvalue weighted by Crippen LogP contribution is 2.13. The van der Waals surface area contributed by atoms with Gasteiger partial charge in [-0.25, -0.2) is 0 Å². The van der Waals surface area contributed by atoms with Gasteiger partial charge < -0.3 is 9.80 Å². The molecule has 0 aromatic carbocycles. The van der Waals surface area contributed by atoms with Crippen LogP contribution in [-0.2, 0) is 0 Å². The van der Waals surface area contributed by atoms with E-state index in [9.17, 15) is 0 Å². The van der Waals surface area contributed by atoms with Crippen LogP contribution in [0.15, 0.2) is 0 Å². The van der Waals surface area contributed by atoms with Gasteiger partial charge in [0.15, 0.2) is 0 Å². The topological polar surface area (TPSA) is 6.48 Å². The summed E-state index contributed by atoms with van der Waals surface area (Å²) in [5.74, 6) is 0. The monoisotopic (exact) mass is 548 g/mol. The van der Waals surface area contributed by atoms with Crippen molar-refractivity contribution >= 4 is 58.3 Å². The molecule has 0 rings (SSSR count). The molecular formula is C28H56N2S4. The Hall–Kier alpha value is 0.480. The average molecular weight is 549 g/mol. The SMILES string of the molecule is CCCCCCCCCCCCN(CCN(CCCCCCCCCCCC)C(=S)S)C(=S)S. The zero-order valence-corrected chi connectivity index (χ0v) is 26.0. The van der Waals surface area contributed by atoms with Crippen molar-refractivity contribution in [2.45, 2.75) is 142 Å². The van der Waals surface area contributed by atoms with Gasteiger partial charge in [-0.15, -0.1) is 25.3 Å². The predicted octanol–water partition coefficient (Wildman–Crippen LogP) is 9.86. The van der Waals surface area contributed by atoms with Crippen molar-refractivity contribution < 1.29 is 0 Å². The number of thiocarbonyl (C=S) groups is 2. The number of rotatable bonds is 25. The van der Waals surface area contributed by atoms with Gasteiger partial charge in [-0.3, -0.25) is 0 Å². The number of thiol groups is 2. The minimum Gasteiger partial charge on any atom is -0.356 e. The fourth-order valence-corrected chi connectivity index (χ4v) is 5.19. The molecule has 0 aliphatic heterocycles. The van der Waals surface area contributed by atoms with Gasteiger partial charge in [0, 0.05) is 26.2 Å². The van der Waals surface area contributed by atoms with E-state index in [0.29, 0.717) is 8.64 Å². The van der Waals surface area contributed by atoms with Crippen LogP contribution in [0.1, 0.15) is 142 Å². The van der Waals surface area contributed by atoms with Crippen LogP contribution in [0.25, 0.3) is 0 Å². The Kier molecular flexibility index (Phi) is 26.9. The van der Waals surface area contributed by atoms with E-state index in [1.165, 1.54) is 128 Å². The molecule has 0 aromatic rings. The maximum Gasteiger partial charge on any atom is 0.133 e. The Bertz CT molecular complexity index is 431. The molecule has 202 valence electrons. The molecule has 2 nitrogen and oxygen atoms in total. The summed E-state index contributed by atoms with van der Waals surface area (Å²) in [6.45, 7) is 8.34. The van der Waals surface area contributed by atoms with Crippen LogP contribution in [0.5, 0.6) is 0 Å². The second-order valence-electron chi connectivity index (χ2n) is 9.90. The van der Waals surface area contributed by atoms with Crippen molar-refractivity contribution in [3.8, 4) is 0 Å². The summed E-state index contributed by atoms with van der Waals surface area (Å²) in [6, 6.07) is 0. The van der Waals surface area contributed by atoms with E-state index in [0.717, 1.165) is 26.2 Å². The summed E-state index contributed by atoms with van der Waals surface area (Å²) in [6.07, 6.45) is 27.1. The van der Waals surface area contributed by atoms with E-state index < -0.39 is 0 Å². The minimum absolute atomic E-state index is 0.708. The van der Waals surface area contributed by atoms with E-state index >= 15 is 0 Å². The first-order valence-corrected chi connectivity index (χ1v) is 16.2. The minimum atomic E-state index is 0.708. The van der Waals surface area contributed by atoms with Crippen LogP contribution in [0.4, 0.5) is 0 Å². The van der Waals surface area contributed by atoms with Crippen LogP contribution in [0.3, 0.4) is 0 Å². The molecule has 34 heavy (non-hydrogen) atoms. The van der Waals surface area contributed by atoms with E-state index in [1.807, 2.05) is 0 Å². The molecule has 0 aliphatic rings. The maximum atomic E-state index is 5.40. The summed E-state index contributed by atoms with van der Waals surface area (Å²) in [5.41, 5.74) is 0. The Morgan fingerprint density at radius 3 is 0.882 bits per heavy atom. The molecule has 0 radical (unpaired) electrons. The molecule has 0 aliphatic carbocycles. The molecule has 0 saturated heterocycles. The molecule has 6 heteroatoms. The maximum absolute atomic E-state index is 5.40. The van der Waals surface area contributed by atoms with E-state index in [2.05, 4.69) is 48.9 Å². The van der Waals surface area contributed by atoms with Gasteiger partial charge in [0.1, 0.15) is 8.64 Å². The molecule has 0 bridgehead atoms. The van der Waals surface area contributed by atoms with Crippen LogP contribution < -0.4 is 0 Å². The third kappa shape index (κ3) is 22.9. The molecule has 0 spiro atoms. The van der Waals surface area contributed by atoms with Crippen LogP contribution in [-0.4, -0.2) is 44.6 Å². The molecule has 0 aromatic heterocycles. The van der Waals surface area contributed by atoms with Crippen molar-refractivity contribution in [2.24, 2.45) is 0 Å². The average Bonchev–Trinajstić information content (AvgIpc) is 2.81. The van der Waals surface area contributed by atoms with E-state index in [4.69, 9.17) is 24.4 Å². The summed E-state index contributed by atoms with van der Waals surface area (Å²) < 4.78 is 1.42. The highest BCUT2D eigenvalue weighted by molar-refractivity contribution is 8.11. The molecular weight excluding hydrogens is 493 g/mol. The molecule has 0 amide bonds. The van der Waals surface area contributed by atoms with Gasteiger partial charge in [-0.2, -0.15) is 0 Å². The standard InChI is InChI=1S/C28H56N2S4/c1-3-5-7-9-11-13-15-17-19-21-23-29(27(31)32)25-26-30(28(33)34)24-22-20-18-16-14-12-10-8-6-4-2/h3-26H2,1-2H3,(H,31,32)(H,33,34). The Morgan fingerprint density at radius 2 is 0.647 bits per heavy atom. The van der Waals surface area contributed by atoms with Crippen LogP contribution in [0, 0.1) is 0 Å². The first-order chi connectivity index (χ1) is 16.5. The Balaban J connectivity index is 3.89. The summed E-state index contributed by atoms with van der Waals surface area (Å²) in [5, 5.41) is 0. The summed E-state index contributed by atoms with van der Waals surface area (Å²) >= 11 is 19.8. The number of nitrogens with zero attached hydrogens (tertiary/aromatic N) is 2. The van der Waals surface area contributed by atoms with Gasteiger partial charge >= 0.3 is 0 Å².